The summed E-state index contributed by atoms with van der Waals surface area (Å²) in [5.74, 6) is 0.161. The van der Waals surface area contributed by atoms with Crippen LogP contribution in [0.5, 0.6) is 11.5 Å². The van der Waals surface area contributed by atoms with Gasteiger partial charge in [0.25, 0.3) is 0 Å². The van der Waals surface area contributed by atoms with E-state index in [-0.39, 0.29) is 25.4 Å². The summed E-state index contributed by atoms with van der Waals surface area (Å²) in [5, 5.41) is 2.45. The van der Waals surface area contributed by atoms with Crippen LogP contribution >= 0.6 is 0 Å². The summed E-state index contributed by atoms with van der Waals surface area (Å²) in [6.45, 7) is 5.99. The molecule has 2 rings (SSSR count). The molecule has 1 N–H and O–H groups in total. The van der Waals surface area contributed by atoms with Crippen molar-refractivity contribution in [2.45, 2.75) is 39.2 Å². The number of alkyl carbamates (subject to hydrolysis) is 1. The molecule has 0 fully saturated rings. The molecule has 0 radical (unpaired) electrons. The number of hydrogen-bond acceptors (Lipinski definition) is 7. The number of Topliss-reactive ketones (excluding diaryl/α,β-unsaturated/α-hetero) is 1. The minimum atomic E-state index is -0.612. The molecule has 0 bridgehead atoms. The average Bonchev–Trinajstić information content (AvgIpc) is 2.82. The van der Waals surface area contributed by atoms with E-state index in [2.05, 4.69) is 5.32 Å². The maximum Gasteiger partial charge on any atom is 0.407 e. The number of ketones is 1. The zero-order chi connectivity index (χ0) is 19.9. The second-order valence-electron chi connectivity index (χ2n) is 6.97. The topological polar surface area (TPSA) is 100 Å². The number of ether oxygens (including phenoxy) is 4. The second kappa shape index (κ2) is 9.25. The van der Waals surface area contributed by atoms with Gasteiger partial charge in [-0.1, -0.05) is 0 Å². The number of benzene rings is 1. The van der Waals surface area contributed by atoms with E-state index in [4.69, 9.17) is 18.9 Å². The van der Waals surface area contributed by atoms with E-state index >= 15 is 0 Å². The average molecular weight is 379 g/mol. The molecule has 0 aromatic heterocycles. The fraction of sp³-hybridized carbons (Fsp3) is 0.526. The molecule has 0 saturated carbocycles. The van der Waals surface area contributed by atoms with E-state index in [1.165, 1.54) is 0 Å². The number of rotatable bonds is 6. The van der Waals surface area contributed by atoms with Crippen molar-refractivity contribution in [2.75, 3.05) is 26.4 Å². The van der Waals surface area contributed by atoms with Gasteiger partial charge in [0.05, 0.1) is 19.6 Å². The summed E-state index contributed by atoms with van der Waals surface area (Å²) in [4.78, 5) is 35.4. The highest BCUT2D eigenvalue weighted by Crippen LogP contribution is 2.30. The Morgan fingerprint density at radius 2 is 1.81 bits per heavy atom. The number of carbonyl (C=O) groups is 3. The number of amides is 1. The van der Waals surface area contributed by atoms with Crippen molar-refractivity contribution in [3.63, 3.8) is 0 Å². The lowest BCUT2D eigenvalue weighted by atomic mass is 10.1. The van der Waals surface area contributed by atoms with Crippen molar-refractivity contribution < 1.29 is 33.3 Å². The third kappa shape index (κ3) is 7.16. The van der Waals surface area contributed by atoms with Gasteiger partial charge >= 0.3 is 12.1 Å². The second-order valence-corrected chi connectivity index (χ2v) is 6.97. The van der Waals surface area contributed by atoms with Crippen LogP contribution in [0.2, 0.25) is 0 Å². The van der Waals surface area contributed by atoms with Crippen LogP contribution in [0.1, 0.15) is 44.0 Å². The Morgan fingerprint density at radius 1 is 1.11 bits per heavy atom. The molecule has 1 aromatic rings. The normalized spacial score (nSPS) is 13.3. The molecule has 1 aliphatic rings. The Balaban J connectivity index is 1.74. The van der Waals surface area contributed by atoms with E-state index < -0.39 is 17.7 Å². The Hall–Kier alpha value is -2.77. The fourth-order valence-corrected chi connectivity index (χ4v) is 2.22. The van der Waals surface area contributed by atoms with Crippen molar-refractivity contribution >= 4 is 17.8 Å². The monoisotopic (exact) mass is 379 g/mol. The van der Waals surface area contributed by atoms with Gasteiger partial charge in [-0.15, -0.1) is 0 Å². The predicted molar refractivity (Wildman–Crippen MR) is 96.2 cm³/mol. The van der Waals surface area contributed by atoms with Gasteiger partial charge in [0, 0.05) is 18.5 Å². The predicted octanol–water partition coefficient (Wildman–Crippen LogP) is 2.49. The number of esters is 1. The maximum absolute atomic E-state index is 12.2. The summed E-state index contributed by atoms with van der Waals surface area (Å²) in [5.41, 5.74) is -0.237. The van der Waals surface area contributed by atoms with Gasteiger partial charge in [0.2, 0.25) is 0 Å². The zero-order valence-corrected chi connectivity index (χ0v) is 15.8. The quantitative estimate of drug-likeness (QED) is 0.599. The summed E-state index contributed by atoms with van der Waals surface area (Å²) in [7, 11) is 0. The van der Waals surface area contributed by atoms with Crippen LogP contribution in [0, 0.1) is 0 Å². The van der Waals surface area contributed by atoms with E-state index in [0.29, 0.717) is 30.3 Å². The molecule has 0 spiro atoms. The Labute approximate surface area is 158 Å². The summed E-state index contributed by atoms with van der Waals surface area (Å²) in [6, 6.07) is 4.86. The van der Waals surface area contributed by atoms with Crippen molar-refractivity contribution in [3.05, 3.63) is 23.8 Å². The van der Waals surface area contributed by atoms with E-state index in [0.717, 1.165) is 6.42 Å². The molecular formula is C19H25NO7. The van der Waals surface area contributed by atoms with Crippen LogP contribution in [0.25, 0.3) is 0 Å². The first kappa shape index (κ1) is 20.5. The molecule has 0 atom stereocenters. The number of nitrogens with one attached hydrogen (secondary N) is 1. The number of carbonyl (C=O) groups excluding carboxylic acids is 3. The van der Waals surface area contributed by atoms with Crippen molar-refractivity contribution in [1.82, 2.24) is 5.32 Å². The smallest absolute Gasteiger partial charge is 0.407 e. The largest absolute Gasteiger partial charge is 0.490 e. The van der Waals surface area contributed by atoms with Crippen LogP contribution in [-0.4, -0.2) is 49.8 Å². The van der Waals surface area contributed by atoms with Gasteiger partial charge in [-0.05, 0) is 39.0 Å². The van der Waals surface area contributed by atoms with Gasteiger partial charge in [-0.3, -0.25) is 9.59 Å². The molecule has 1 aromatic carbocycles. The minimum absolute atomic E-state index is 0.0615. The lowest BCUT2D eigenvalue weighted by molar-refractivity contribution is -0.142. The van der Waals surface area contributed by atoms with E-state index in [9.17, 15) is 14.4 Å². The van der Waals surface area contributed by atoms with Crippen LogP contribution in [0.3, 0.4) is 0 Å². The summed E-state index contributed by atoms with van der Waals surface area (Å²) < 4.78 is 21.1. The molecule has 0 aliphatic carbocycles. The van der Waals surface area contributed by atoms with Gasteiger partial charge in [-0.25, -0.2) is 4.79 Å². The maximum atomic E-state index is 12.2. The molecule has 8 nitrogen and oxygen atoms in total. The Bertz CT molecular complexity index is 694. The van der Waals surface area contributed by atoms with Gasteiger partial charge in [0.1, 0.15) is 5.60 Å². The molecule has 148 valence electrons. The van der Waals surface area contributed by atoms with Gasteiger partial charge in [-0.2, -0.15) is 0 Å². The number of fused-ring (bicyclic) bond motifs is 1. The fourth-order valence-electron chi connectivity index (χ4n) is 2.22. The molecule has 1 amide bonds. The van der Waals surface area contributed by atoms with Gasteiger partial charge < -0.3 is 24.3 Å². The van der Waals surface area contributed by atoms with Crippen molar-refractivity contribution in [3.8, 4) is 11.5 Å². The molecule has 1 heterocycles. The third-order valence-corrected chi connectivity index (χ3v) is 3.43. The molecule has 1 aliphatic heterocycles. The highest BCUT2D eigenvalue weighted by Gasteiger charge is 2.17. The first-order chi connectivity index (χ1) is 12.7. The van der Waals surface area contributed by atoms with E-state index in [1.54, 1.807) is 39.0 Å². The lowest BCUT2D eigenvalue weighted by Gasteiger charge is -2.19. The van der Waals surface area contributed by atoms with Crippen LogP contribution in [0.15, 0.2) is 18.2 Å². The standard InChI is InChI=1S/C19H25NO7/c1-19(2,3)27-18(23)20-8-7-17(22)26-12-14(21)13-5-6-15-16(11-13)25-10-4-9-24-15/h5-6,11H,4,7-10,12H2,1-3H3,(H,20,23). The Kier molecular flexibility index (Phi) is 7.04. The first-order valence-electron chi connectivity index (χ1n) is 8.80. The highest BCUT2D eigenvalue weighted by atomic mass is 16.6. The third-order valence-electron chi connectivity index (χ3n) is 3.43. The number of hydrogen-bond donors (Lipinski definition) is 1. The molecule has 8 heteroatoms. The molecule has 27 heavy (non-hydrogen) atoms. The van der Waals surface area contributed by atoms with Crippen LogP contribution in [0.4, 0.5) is 4.79 Å². The molecule has 0 saturated heterocycles. The summed E-state index contributed by atoms with van der Waals surface area (Å²) in [6.07, 6.45) is 0.0965. The SMILES string of the molecule is CC(C)(C)OC(=O)NCCC(=O)OCC(=O)c1ccc2c(c1)OCCCO2. The van der Waals surface area contributed by atoms with Crippen molar-refractivity contribution in [1.29, 1.82) is 0 Å². The molecule has 0 unspecified atom stereocenters. The molecular weight excluding hydrogens is 354 g/mol. The Morgan fingerprint density at radius 3 is 2.52 bits per heavy atom. The summed E-state index contributed by atoms with van der Waals surface area (Å²) >= 11 is 0. The lowest BCUT2D eigenvalue weighted by Crippen LogP contribution is -2.33. The van der Waals surface area contributed by atoms with E-state index in [1.807, 2.05) is 0 Å². The minimum Gasteiger partial charge on any atom is -0.490 e. The van der Waals surface area contributed by atoms with Crippen LogP contribution < -0.4 is 14.8 Å². The van der Waals surface area contributed by atoms with Crippen LogP contribution in [-0.2, 0) is 14.3 Å². The zero-order valence-electron chi connectivity index (χ0n) is 15.8. The van der Waals surface area contributed by atoms with Gasteiger partial charge in [0.15, 0.2) is 23.9 Å². The van der Waals surface area contributed by atoms with Crippen molar-refractivity contribution in [2.24, 2.45) is 0 Å². The highest BCUT2D eigenvalue weighted by molar-refractivity contribution is 5.98. The first-order valence-corrected chi connectivity index (χ1v) is 8.80.